The third-order valence-corrected chi connectivity index (χ3v) is 2.27. The second-order valence-electron chi connectivity index (χ2n) is 3.55. The number of halogens is 1. The molecular formula is C12H10FN3O2. The average molecular weight is 247 g/mol. The highest BCUT2D eigenvalue weighted by Gasteiger charge is 2.11. The molecule has 2 aromatic rings. The fraction of sp³-hybridized carbons (Fsp3) is 0.0833. The van der Waals surface area contributed by atoms with Gasteiger partial charge in [-0.2, -0.15) is 0 Å². The number of hydrogen-bond donors (Lipinski definition) is 2. The molecule has 6 heteroatoms. The molecule has 0 saturated heterocycles. The van der Waals surface area contributed by atoms with Crippen LogP contribution in [0, 0.1) is 5.82 Å². The van der Waals surface area contributed by atoms with Gasteiger partial charge in [0.05, 0.1) is 17.8 Å². The van der Waals surface area contributed by atoms with E-state index in [1.54, 1.807) is 12.3 Å². The van der Waals surface area contributed by atoms with Crippen molar-refractivity contribution in [3.05, 3.63) is 53.9 Å². The van der Waals surface area contributed by atoms with E-state index in [9.17, 15) is 9.18 Å². The number of amides is 1. The highest BCUT2D eigenvalue weighted by atomic mass is 19.1. The summed E-state index contributed by atoms with van der Waals surface area (Å²) in [5.41, 5.74) is 0.499. The summed E-state index contributed by atoms with van der Waals surface area (Å²) in [4.78, 5) is 19.3. The highest BCUT2D eigenvalue weighted by Crippen LogP contribution is 2.14. The Bertz CT molecular complexity index is 561. The summed E-state index contributed by atoms with van der Waals surface area (Å²) in [6.07, 6.45) is 2.91. The molecule has 0 aliphatic rings. The number of carbonyl (C=O) groups is 1. The Labute approximate surface area is 102 Å². The summed E-state index contributed by atoms with van der Waals surface area (Å²) in [5.74, 6) is -1.55. The van der Waals surface area contributed by atoms with Gasteiger partial charge in [0.15, 0.2) is 0 Å². The van der Waals surface area contributed by atoms with Crippen molar-refractivity contribution in [2.45, 2.75) is 6.54 Å². The monoisotopic (exact) mass is 247 g/mol. The summed E-state index contributed by atoms with van der Waals surface area (Å²) in [5, 5.41) is 11.6. The molecule has 0 saturated carbocycles. The Kier molecular flexibility index (Phi) is 3.47. The van der Waals surface area contributed by atoms with E-state index in [0.29, 0.717) is 5.69 Å². The van der Waals surface area contributed by atoms with Gasteiger partial charge in [0, 0.05) is 12.3 Å². The molecule has 0 bridgehead atoms. The van der Waals surface area contributed by atoms with Crippen molar-refractivity contribution in [2.75, 3.05) is 0 Å². The van der Waals surface area contributed by atoms with E-state index in [1.807, 2.05) is 0 Å². The van der Waals surface area contributed by atoms with Gasteiger partial charge in [-0.3, -0.25) is 4.79 Å². The van der Waals surface area contributed by atoms with Gasteiger partial charge in [-0.15, -0.1) is 0 Å². The fourth-order valence-electron chi connectivity index (χ4n) is 1.38. The molecule has 0 aliphatic carbocycles. The normalized spacial score (nSPS) is 10.1. The van der Waals surface area contributed by atoms with E-state index >= 15 is 0 Å². The fourth-order valence-corrected chi connectivity index (χ4v) is 1.38. The molecule has 2 rings (SSSR count). The van der Waals surface area contributed by atoms with Crippen LogP contribution in [-0.4, -0.2) is 21.0 Å². The summed E-state index contributed by atoms with van der Waals surface area (Å²) < 4.78 is 13.4. The molecule has 18 heavy (non-hydrogen) atoms. The van der Waals surface area contributed by atoms with Crippen LogP contribution in [0.2, 0.25) is 0 Å². The van der Waals surface area contributed by atoms with Crippen molar-refractivity contribution in [1.82, 2.24) is 15.3 Å². The lowest BCUT2D eigenvalue weighted by atomic mass is 10.2. The topological polar surface area (TPSA) is 75.1 Å². The van der Waals surface area contributed by atoms with E-state index in [2.05, 4.69) is 15.3 Å². The van der Waals surface area contributed by atoms with E-state index in [4.69, 9.17) is 5.11 Å². The molecule has 0 fully saturated rings. The van der Waals surface area contributed by atoms with E-state index in [0.717, 1.165) is 6.07 Å². The number of hydrogen-bond acceptors (Lipinski definition) is 4. The van der Waals surface area contributed by atoms with Crippen LogP contribution in [0.15, 0.2) is 36.8 Å². The Hall–Kier alpha value is -2.50. The molecule has 1 aromatic carbocycles. The van der Waals surface area contributed by atoms with E-state index < -0.39 is 11.7 Å². The maximum absolute atomic E-state index is 13.4. The lowest BCUT2D eigenvalue weighted by Gasteiger charge is -2.05. The van der Waals surface area contributed by atoms with Gasteiger partial charge in [-0.1, -0.05) is 0 Å². The number of aromatic hydroxyl groups is 1. The molecule has 1 heterocycles. The van der Waals surface area contributed by atoms with Crippen LogP contribution in [0.3, 0.4) is 0 Å². The van der Waals surface area contributed by atoms with E-state index in [-0.39, 0.29) is 17.9 Å². The zero-order valence-electron chi connectivity index (χ0n) is 9.30. The van der Waals surface area contributed by atoms with Gasteiger partial charge < -0.3 is 10.4 Å². The standard InChI is InChI=1S/C12H10FN3O2/c13-11-5-9(17)1-2-10(11)12(18)15-6-8-3-4-14-7-16-8/h1-5,7,17H,6H2,(H,15,18). The minimum Gasteiger partial charge on any atom is -0.508 e. The Morgan fingerprint density at radius 1 is 1.39 bits per heavy atom. The third kappa shape index (κ3) is 2.79. The first-order valence-corrected chi connectivity index (χ1v) is 5.18. The first-order valence-electron chi connectivity index (χ1n) is 5.18. The molecular weight excluding hydrogens is 237 g/mol. The number of benzene rings is 1. The molecule has 0 atom stereocenters. The van der Waals surface area contributed by atoms with Gasteiger partial charge >= 0.3 is 0 Å². The summed E-state index contributed by atoms with van der Waals surface area (Å²) in [7, 11) is 0. The van der Waals surface area contributed by atoms with Gasteiger partial charge in [0.2, 0.25) is 0 Å². The number of phenolic OH excluding ortho intramolecular Hbond substituents is 1. The number of aromatic nitrogens is 2. The van der Waals surface area contributed by atoms with Gasteiger partial charge in [0.1, 0.15) is 17.9 Å². The first-order chi connectivity index (χ1) is 8.66. The number of nitrogens with one attached hydrogen (secondary N) is 1. The van der Waals surface area contributed by atoms with Crippen molar-refractivity contribution in [3.8, 4) is 5.75 Å². The van der Waals surface area contributed by atoms with Crippen LogP contribution < -0.4 is 5.32 Å². The van der Waals surface area contributed by atoms with Crippen molar-refractivity contribution in [3.63, 3.8) is 0 Å². The molecule has 0 aliphatic heterocycles. The lowest BCUT2D eigenvalue weighted by Crippen LogP contribution is -2.24. The van der Waals surface area contributed by atoms with Crippen LogP contribution in [0.1, 0.15) is 16.1 Å². The molecule has 5 nitrogen and oxygen atoms in total. The Morgan fingerprint density at radius 2 is 2.22 bits per heavy atom. The molecule has 1 amide bonds. The second kappa shape index (κ2) is 5.22. The quantitative estimate of drug-likeness (QED) is 0.856. The minimum atomic E-state index is -0.768. The first kappa shape index (κ1) is 12.0. The van der Waals surface area contributed by atoms with Gasteiger partial charge in [-0.25, -0.2) is 14.4 Å². The number of nitrogens with zero attached hydrogens (tertiary/aromatic N) is 2. The smallest absolute Gasteiger partial charge is 0.254 e. The highest BCUT2D eigenvalue weighted by molar-refractivity contribution is 5.94. The molecule has 0 unspecified atom stereocenters. The molecule has 92 valence electrons. The van der Waals surface area contributed by atoms with Crippen molar-refractivity contribution < 1.29 is 14.3 Å². The Morgan fingerprint density at radius 3 is 2.89 bits per heavy atom. The minimum absolute atomic E-state index is 0.123. The van der Waals surface area contributed by atoms with Gasteiger partial charge in [-0.05, 0) is 18.2 Å². The summed E-state index contributed by atoms with van der Waals surface area (Å²) >= 11 is 0. The summed E-state index contributed by atoms with van der Waals surface area (Å²) in [6, 6.07) is 5.01. The predicted molar refractivity (Wildman–Crippen MR) is 61.3 cm³/mol. The SMILES string of the molecule is O=C(NCc1ccncn1)c1ccc(O)cc1F. The van der Waals surface area contributed by atoms with Crippen molar-refractivity contribution in [2.24, 2.45) is 0 Å². The second-order valence-corrected chi connectivity index (χ2v) is 3.55. The number of phenols is 1. The molecule has 1 aromatic heterocycles. The van der Waals surface area contributed by atoms with Crippen LogP contribution in [-0.2, 0) is 6.54 Å². The van der Waals surface area contributed by atoms with Crippen molar-refractivity contribution >= 4 is 5.91 Å². The average Bonchev–Trinajstić information content (AvgIpc) is 2.37. The van der Waals surface area contributed by atoms with Crippen LogP contribution in [0.5, 0.6) is 5.75 Å². The third-order valence-electron chi connectivity index (χ3n) is 2.27. The van der Waals surface area contributed by atoms with Crippen molar-refractivity contribution in [1.29, 1.82) is 0 Å². The maximum Gasteiger partial charge on any atom is 0.254 e. The molecule has 0 spiro atoms. The number of carbonyl (C=O) groups excluding carboxylic acids is 1. The predicted octanol–water partition coefficient (Wildman–Crippen LogP) is 1.25. The Balaban J connectivity index is 2.04. The zero-order chi connectivity index (χ0) is 13.0. The van der Waals surface area contributed by atoms with Crippen LogP contribution >= 0.6 is 0 Å². The summed E-state index contributed by atoms with van der Waals surface area (Å²) in [6.45, 7) is 0.182. The van der Waals surface area contributed by atoms with Crippen LogP contribution in [0.4, 0.5) is 4.39 Å². The lowest BCUT2D eigenvalue weighted by molar-refractivity contribution is 0.0946. The number of rotatable bonds is 3. The molecule has 2 N–H and O–H groups in total. The zero-order valence-corrected chi connectivity index (χ0v) is 9.30. The van der Waals surface area contributed by atoms with Gasteiger partial charge in [0.25, 0.3) is 5.91 Å². The van der Waals surface area contributed by atoms with Crippen LogP contribution in [0.25, 0.3) is 0 Å². The van der Waals surface area contributed by atoms with E-state index in [1.165, 1.54) is 18.5 Å². The molecule has 0 radical (unpaired) electrons. The maximum atomic E-state index is 13.4. The largest absolute Gasteiger partial charge is 0.508 e.